The monoisotopic (exact) mass is 497 g/mol. The van der Waals surface area contributed by atoms with Gasteiger partial charge in [-0.15, -0.1) is 0 Å². The van der Waals surface area contributed by atoms with E-state index in [0.29, 0.717) is 13.2 Å². The Bertz CT molecular complexity index is 1090. The number of nitrogens with one attached hydrogen (secondary N) is 1. The van der Waals surface area contributed by atoms with E-state index in [9.17, 15) is 4.79 Å². The fourth-order valence-corrected chi connectivity index (χ4v) is 4.56. The second kappa shape index (κ2) is 12.4. The standard InChI is InChI=1S/C27H36ClN5O2/c1-21(2)30-27(34)19-32-15-13-31(14-16-32)12-4-3-5-17-35-24-10-11-26-25(18-24)29-20-33(26)23-8-6-22(28)7-9-23/h6-11,18,20-21H,3-5,12-17,19H2,1-2H3,(H,30,34). The second-order valence-corrected chi connectivity index (χ2v) is 9.93. The lowest BCUT2D eigenvalue weighted by Crippen LogP contribution is -2.50. The Hall–Kier alpha value is -2.61. The van der Waals surface area contributed by atoms with Crippen LogP contribution in [0.1, 0.15) is 33.1 Å². The maximum atomic E-state index is 11.9. The van der Waals surface area contributed by atoms with Gasteiger partial charge in [0.15, 0.2) is 0 Å². The number of halogens is 1. The molecule has 1 saturated heterocycles. The highest BCUT2D eigenvalue weighted by Crippen LogP contribution is 2.24. The Morgan fingerprint density at radius 2 is 1.77 bits per heavy atom. The summed E-state index contributed by atoms with van der Waals surface area (Å²) in [6.45, 7) is 10.3. The van der Waals surface area contributed by atoms with Crippen LogP contribution in [0.4, 0.5) is 0 Å². The van der Waals surface area contributed by atoms with E-state index in [-0.39, 0.29) is 11.9 Å². The molecule has 4 rings (SSSR count). The lowest BCUT2D eigenvalue weighted by molar-refractivity contribution is -0.123. The highest BCUT2D eigenvalue weighted by molar-refractivity contribution is 6.30. The van der Waals surface area contributed by atoms with Crippen LogP contribution >= 0.6 is 11.6 Å². The van der Waals surface area contributed by atoms with Crippen molar-refractivity contribution < 1.29 is 9.53 Å². The van der Waals surface area contributed by atoms with Gasteiger partial charge in [-0.3, -0.25) is 14.3 Å². The number of fused-ring (bicyclic) bond motifs is 1. The van der Waals surface area contributed by atoms with Crippen molar-refractivity contribution >= 4 is 28.5 Å². The van der Waals surface area contributed by atoms with Gasteiger partial charge >= 0.3 is 0 Å². The van der Waals surface area contributed by atoms with E-state index in [0.717, 1.165) is 73.1 Å². The van der Waals surface area contributed by atoms with E-state index >= 15 is 0 Å². The largest absolute Gasteiger partial charge is 0.494 e. The van der Waals surface area contributed by atoms with Crippen molar-refractivity contribution in [3.05, 3.63) is 53.8 Å². The van der Waals surface area contributed by atoms with Crippen LogP contribution in [0.3, 0.4) is 0 Å². The minimum Gasteiger partial charge on any atom is -0.494 e. The van der Waals surface area contributed by atoms with Gasteiger partial charge in [-0.2, -0.15) is 0 Å². The Morgan fingerprint density at radius 1 is 1.03 bits per heavy atom. The third-order valence-corrected chi connectivity index (χ3v) is 6.54. The van der Waals surface area contributed by atoms with Gasteiger partial charge in [-0.25, -0.2) is 4.98 Å². The third kappa shape index (κ3) is 7.43. The van der Waals surface area contributed by atoms with Crippen LogP contribution in [0.15, 0.2) is 48.8 Å². The zero-order chi connectivity index (χ0) is 24.6. The molecule has 0 unspecified atom stereocenters. The van der Waals surface area contributed by atoms with E-state index in [1.165, 1.54) is 6.42 Å². The first-order valence-electron chi connectivity index (χ1n) is 12.6. The quantitative estimate of drug-likeness (QED) is 0.398. The van der Waals surface area contributed by atoms with Crippen molar-refractivity contribution in [1.29, 1.82) is 0 Å². The zero-order valence-corrected chi connectivity index (χ0v) is 21.5. The molecule has 7 nitrogen and oxygen atoms in total. The first kappa shape index (κ1) is 25.5. The summed E-state index contributed by atoms with van der Waals surface area (Å²) in [5.74, 6) is 0.985. The number of ether oxygens (including phenoxy) is 1. The molecule has 0 bridgehead atoms. The molecule has 0 spiro atoms. The third-order valence-electron chi connectivity index (χ3n) is 6.29. The summed E-state index contributed by atoms with van der Waals surface area (Å²) in [6, 6.07) is 14.0. The van der Waals surface area contributed by atoms with Crippen LogP contribution in [0.5, 0.6) is 5.75 Å². The van der Waals surface area contributed by atoms with Crippen molar-refractivity contribution in [2.45, 2.75) is 39.2 Å². The second-order valence-electron chi connectivity index (χ2n) is 9.49. The van der Waals surface area contributed by atoms with Gasteiger partial charge in [-0.05, 0) is 76.1 Å². The molecular formula is C27H36ClN5O2. The number of aromatic nitrogens is 2. The lowest BCUT2D eigenvalue weighted by atomic mass is 10.2. The SMILES string of the molecule is CC(C)NC(=O)CN1CCN(CCCCCOc2ccc3c(c2)ncn3-c2ccc(Cl)cc2)CC1. The zero-order valence-electron chi connectivity index (χ0n) is 20.8. The molecule has 8 heteroatoms. The number of unbranched alkanes of at least 4 members (excludes halogenated alkanes) is 2. The normalized spacial score (nSPS) is 15.1. The van der Waals surface area contributed by atoms with Crippen LogP contribution in [0.2, 0.25) is 5.02 Å². The molecule has 0 atom stereocenters. The van der Waals surface area contributed by atoms with Crippen LogP contribution in [0.25, 0.3) is 16.7 Å². The number of amides is 1. The van der Waals surface area contributed by atoms with E-state index < -0.39 is 0 Å². The average molecular weight is 498 g/mol. The topological polar surface area (TPSA) is 62.6 Å². The number of piperazine rings is 1. The molecule has 188 valence electrons. The molecule has 1 amide bonds. The molecule has 0 radical (unpaired) electrons. The van der Waals surface area contributed by atoms with Gasteiger partial charge in [-0.1, -0.05) is 11.6 Å². The summed E-state index contributed by atoms with van der Waals surface area (Å²) in [4.78, 5) is 21.2. The molecule has 0 aliphatic carbocycles. The molecule has 3 aromatic rings. The predicted molar refractivity (Wildman–Crippen MR) is 142 cm³/mol. The fourth-order valence-electron chi connectivity index (χ4n) is 4.44. The maximum absolute atomic E-state index is 11.9. The van der Waals surface area contributed by atoms with Crippen LogP contribution in [-0.4, -0.2) is 77.2 Å². The Morgan fingerprint density at radius 3 is 2.51 bits per heavy atom. The van der Waals surface area contributed by atoms with Crippen LogP contribution in [0, 0.1) is 0 Å². The lowest BCUT2D eigenvalue weighted by Gasteiger charge is -2.34. The molecule has 1 aliphatic rings. The highest BCUT2D eigenvalue weighted by Gasteiger charge is 2.18. The summed E-state index contributed by atoms with van der Waals surface area (Å²) in [5.41, 5.74) is 2.99. The number of imidazole rings is 1. The Kier molecular flexibility index (Phi) is 9.01. The molecule has 1 aliphatic heterocycles. The van der Waals surface area contributed by atoms with Crippen molar-refractivity contribution in [2.75, 3.05) is 45.9 Å². The first-order valence-corrected chi connectivity index (χ1v) is 13.0. The number of benzene rings is 2. The van der Waals surface area contributed by atoms with Gasteiger partial charge in [0, 0.05) is 49.0 Å². The Balaban J connectivity index is 1.12. The smallest absolute Gasteiger partial charge is 0.234 e. The van der Waals surface area contributed by atoms with Gasteiger partial charge in [0.1, 0.15) is 12.1 Å². The van der Waals surface area contributed by atoms with Gasteiger partial charge in [0.05, 0.1) is 24.2 Å². The minimum absolute atomic E-state index is 0.127. The molecule has 2 aromatic carbocycles. The predicted octanol–water partition coefficient (Wildman–Crippen LogP) is 4.37. The summed E-state index contributed by atoms with van der Waals surface area (Å²) in [6.07, 6.45) is 5.18. The molecule has 1 fully saturated rings. The molecule has 0 saturated carbocycles. The number of nitrogens with zero attached hydrogens (tertiary/aromatic N) is 4. The van der Waals surface area contributed by atoms with E-state index in [4.69, 9.17) is 16.3 Å². The number of carbonyl (C=O) groups is 1. The number of hydrogen-bond acceptors (Lipinski definition) is 5. The molecule has 1 aromatic heterocycles. The van der Waals surface area contributed by atoms with Gasteiger partial charge < -0.3 is 15.0 Å². The average Bonchev–Trinajstić information content (AvgIpc) is 3.25. The summed E-state index contributed by atoms with van der Waals surface area (Å²) >= 11 is 6.01. The summed E-state index contributed by atoms with van der Waals surface area (Å²) in [5, 5.41) is 3.69. The van der Waals surface area contributed by atoms with Crippen molar-refractivity contribution in [3.8, 4) is 11.4 Å². The number of carbonyl (C=O) groups excluding carboxylic acids is 1. The Labute approximate surface area is 213 Å². The summed E-state index contributed by atoms with van der Waals surface area (Å²) in [7, 11) is 0. The van der Waals surface area contributed by atoms with Crippen molar-refractivity contribution in [2.24, 2.45) is 0 Å². The fraction of sp³-hybridized carbons (Fsp3) is 0.481. The molecule has 35 heavy (non-hydrogen) atoms. The number of rotatable bonds is 11. The van der Waals surface area contributed by atoms with E-state index in [1.807, 2.05) is 56.6 Å². The molecule has 2 heterocycles. The highest BCUT2D eigenvalue weighted by atomic mass is 35.5. The molecular weight excluding hydrogens is 462 g/mol. The van der Waals surface area contributed by atoms with E-state index in [2.05, 4.69) is 30.7 Å². The van der Waals surface area contributed by atoms with Gasteiger partial charge in [0.2, 0.25) is 5.91 Å². The van der Waals surface area contributed by atoms with Gasteiger partial charge in [0.25, 0.3) is 0 Å². The summed E-state index contributed by atoms with van der Waals surface area (Å²) < 4.78 is 8.04. The minimum atomic E-state index is 0.127. The van der Waals surface area contributed by atoms with E-state index in [1.54, 1.807) is 0 Å². The number of hydrogen-bond donors (Lipinski definition) is 1. The first-order chi connectivity index (χ1) is 17.0. The maximum Gasteiger partial charge on any atom is 0.234 e. The molecule has 1 N–H and O–H groups in total. The van der Waals surface area contributed by atoms with Crippen molar-refractivity contribution in [1.82, 2.24) is 24.7 Å². The van der Waals surface area contributed by atoms with Crippen molar-refractivity contribution in [3.63, 3.8) is 0 Å². The van der Waals surface area contributed by atoms with Crippen LogP contribution in [-0.2, 0) is 4.79 Å². The van der Waals surface area contributed by atoms with Crippen LogP contribution < -0.4 is 10.1 Å².